The summed E-state index contributed by atoms with van der Waals surface area (Å²) < 4.78 is 49.8. The van der Waals surface area contributed by atoms with Crippen molar-refractivity contribution in [1.82, 2.24) is 24.4 Å². The van der Waals surface area contributed by atoms with Gasteiger partial charge < -0.3 is 10.1 Å². The molecule has 1 aliphatic rings. The van der Waals surface area contributed by atoms with Crippen LogP contribution in [0, 0.1) is 22.9 Å². The number of amides is 1. The molecule has 1 amide bonds. The van der Waals surface area contributed by atoms with Crippen molar-refractivity contribution < 1.29 is 27.3 Å². The number of sulfonamides is 1. The van der Waals surface area contributed by atoms with Crippen molar-refractivity contribution >= 4 is 21.6 Å². The van der Waals surface area contributed by atoms with Crippen LogP contribution in [0.5, 0.6) is 11.6 Å². The Morgan fingerprint density at radius 2 is 1.93 bits per heavy atom. The highest BCUT2D eigenvalue weighted by molar-refractivity contribution is 7.89. The van der Waals surface area contributed by atoms with Crippen molar-refractivity contribution in [3.8, 4) is 17.3 Å². The smallest absolute Gasteiger partial charge is 0.272 e. The fourth-order valence-corrected chi connectivity index (χ4v) is 6.09. The van der Waals surface area contributed by atoms with E-state index < -0.39 is 37.3 Å². The zero-order valence-corrected chi connectivity index (χ0v) is 22.7. The molecule has 41 heavy (non-hydrogen) atoms. The number of nitrogens with one attached hydrogen (secondary N) is 1. The van der Waals surface area contributed by atoms with Gasteiger partial charge in [-0.2, -0.15) is 14.1 Å². The lowest BCUT2D eigenvalue weighted by Crippen LogP contribution is -2.28. The molecule has 0 bridgehead atoms. The number of carbonyl (C=O) groups excluding carboxylic acids is 1. The predicted molar refractivity (Wildman–Crippen MR) is 145 cm³/mol. The lowest BCUT2D eigenvalue weighted by Gasteiger charge is -2.18. The van der Waals surface area contributed by atoms with Crippen LogP contribution >= 0.6 is 0 Å². The van der Waals surface area contributed by atoms with E-state index >= 15 is 0 Å². The van der Waals surface area contributed by atoms with Gasteiger partial charge in [-0.25, -0.2) is 12.8 Å². The number of hydrogen-bond donors (Lipinski definition) is 1. The molecule has 12 nitrogen and oxygen atoms in total. The molecule has 0 atom stereocenters. The number of benzene rings is 2. The number of nitro benzene ring substituents is 1. The number of pyridine rings is 1. The Labute approximate surface area is 234 Å². The molecule has 1 saturated heterocycles. The summed E-state index contributed by atoms with van der Waals surface area (Å²) in [5.74, 6) is -1.39. The molecule has 3 heterocycles. The highest BCUT2D eigenvalue weighted by Crippen LogP contribution is 2.37. The van der Waals surface area contributed by atoms with Crippen LogP contribution in [0.15, 0.2) is 71.9 Å². The van der Waals surface area contributed by atoms with Crippen LogP contribution in [0.25, 0.3) is 5.69 Å². The van der Waals surface area contributed by atoms with E-state index in [9.17, 15) is 27.7 Å². The monoisotopic (exact) mass is 580 g/mol. The van der Waals surface area contributed by atoms with Crippen molar-refractivity contribution in [3.63, 3.8) is 0 Å². The number of non-ortho nitro benzene ring substituents is 1. The summed E-state index contributed by atoms with van der Waals surface area (Å²) in [6.45, 7) is 2.25. The zero-order valence-electron chi connectivity index (χ0n) is 21.9. The quantitative estimate of drug-likeness (QED) is 0.229. The highest BCUT2D eigenvalue weighted by atomic mass is 32.2. The Morgan fingerprint density at radius 3 is 2.61 bits per heavy atom. The second kappa shape index (κ2) is 11.4. The molecule has 5 rings (SSSR count). The highest BCUT2D eigenvalue weighted by Gasteiger charge is 2.33. The number of aromatic nitrogens is 3. The van der Waals surface area contributed by atoms with Gasteiger partial charge in [-0.05, 0) is 55.7 Å². The third-order valence-electron chi connectivity index (χ3n) is 6.54. The predicted octanol–water partition coefficient (Wildman–Crippen LogP) is 4.13. The average molecular weight is 581 g/mol. The third-order valence-corrected chi connectivity index (χ3v) is 8.46. The standard InChI is InChI=1S/C27H25FN6O6S/c1-18-25(26(35)30-17-19-6-5-11-29-16-19)31-33(21-8-4-7-20(28)14-21)27(18)40-23-10-9-22(34(36)37)15-24(23)41(38,39)32-12-2-3-13-32/h4-11,14-16H,2-3,12-13,17H2,1H3,(H,30,35). The van der Waals surface area contributed by atoms with E-state index in [1.54, 1.807) is 31.5 Å². The second-order valence-electron chi connectivity index (χ2n) is 9.32. The van der Waals surface area contributed by atoms with Gasteiger partial charge in [0.25, 0.3) is 11.6 Å². The minimum absolute atomic E-state index is 0.0426. The largest absolute Gasteiger partial charge is 0.437 e. The van der Waals surface area contributed by atoms with Gasteiger partial charge in [-0.15, -0.1) is 0 Å². The summed E-state index contributed by atoms with van der Waals surface area (Å²) >= 11 is 0. The Hall–Kier alpha value is -4.69. The fourth-order valence-electron chi connectivity index (χ4n) is 4.44. The summed E-state index contributed by atoms with van der Waals surface area (Å²) in [6, 6.07) is 12.2. The van der Waals surface area contributed by atoms with Crippen LogP contribution in [0.4, 0.5) is 10.1 Å². The number of nitro groups is 1. The van der Waals surface area contributed by atoms with E-state index in [0.29, 0.717) is 12.8 Å². The Bertz CT molecular complexity index is 1720. The Morgan fingerprint density at radius 1 is 1.15 bits per heavy atom. The number of nitrogens with zero attached hydrogens (tertiary/aromatic N) is 5. The molecular weight excluding hydrogens is 555 g/mol. The number of ether oxygens (including phenoxy) is 1. The normalized spacial score (nSPS) is 13.7. The minimum Gasteiger partial charge on any atom is -0.437 e. The van der Waals surface area contributed by atoms with E-state index in [4.69, 9.17) is 4.74 Å². The van der Waals surface area contributed by atoms with Crippen molar-refractivity contribution in [2.24, 2.45) is 0 Å². The lowest BCUT2D eigenvalue weighted by atomic mass is 10.2. The molecule has 0 saturated carbocycles. The third kappa shape index (κ3) is 5.78. The summed E-state index contributed by atoms with van der Waals surface area (Å²) in [4.78, 5) is 27.6. The van der Waals surface area contributed by atoms with Crippen molar-refractivity contribution in [2.45, 2.75) is 31.2 Å². The Balaban J connectivity index is 1.59. The summed E-state index contributed by atoms with van der Waals surface area (Å²) in [5.41, 5.74) is 0.725. The van der Waals surface area contributed by atoms with E-state index in [0.717, 1.165) is 17.7 Å². The van der Waals surface area contributed by atoms with Crippen LogP contribution in [-0.2, 0) is 16.6 Å². The molecule has 1 fully saturated rings. The molecule has 0 aliphatic carbocycles. The van der Waals surface area contributed by atoms with Gasteiger partial charge in [-0.1, -0.05) is 12.1 Å². The number of halogens is 1. The molecule has 1 N–H and O–H groups in total. The van der Waals surface area contributed by atoms with Crippen LogP contribution in [0.3, 0.4) is 0 Å². The Kier molecular flexibility index (Phi) is 7.77. The maximum atomic E-state index is 14.2. The van der Waals surface area contributed by atoms with Crippen molar-refractivity contribution in [3.05, 3.63) is 99.7 Å². The van der Waals surface area contributed by atoms with Crippen LogP contribution in [0.2, 0.25) is 0 Å². The van der Waals surface area contributed by atoms with Gasteiger partial charge in [0, 0.05) is 49.7 Å². The minimum atomic E-state index is -4.16. The first-order chi connectivity index (χ1) is 19.6. The fraction of sp³-hybridized carbons (Fsp3) is 0.222. The molecule has 14 heteroatoms. The SMILES string of the molecule is Cc1c(C(=O)NCc2cccnc2)nn(-c2cccc(F)c2)c1Oc1ccc([N+](=O)[O-])cc1S(=O)(=O)N1CCCC1. The number of hydrogen-bond acceptors (Lipinski definition) is 8. The van der Waals surface area contributed by atoms with E-state index in [1.807, 2.05) is 0 Å². The first kappa shape index (κ1) is 27.9. The topological polar surface area (TPSA) is 150 Å². The van der Waals surface area contributed by atoms with E-state index in [1.165, 1.54) is 39.3 Å². The molecule has 0 spiro atoms. The average Bonchev–Trinajstić information content (AvgIpc) is 3.62. The van der Waals surface area contributed by atoms with E-state index in [2.05, 4.69) is 15.4 Å². The van der Waals surface area contributed by atoms with Gasteiger partial charge >= 0.3 is 0 Å². The van der Waals surface area contributed by atoms with Gasteiger partial charge in [0.15, 0.2) is 5.69 Å². The zero-order chi connectivity index (χ0) is 29.1. The second-order valence-corrected chi connectivity index (χ2v) is 11.2. The molecule has 212 valence electrons. The molecule has 2 aromatic heterocycles. The van der Waals surface area contributed by atoms with Crippen LogP contribution in [0.1, 0.15) is 34.5 Å². The molecule has 0 radical (unpaired) electrons. The number of rotatable bonds is 9. The van der Waals surface area contributed by atoms with Crippen molar-refractivity contribution in [1.29, 1.82) is 0 Å². The summed E-state index contributed by atoms with van der Waals surface area (Å²) in [6.07, 6.45) is 4.53. The molecular formula is C27H25FN6O6S. The lowest BCUT2D eigenvalue weighted by molar-refractivity contribution is -0.385. The van der Waals surface area contributed by atoms with Crippen molar-refractivity contribution in [2.75, 3.05) is 13.1 Å². The van der Waals surface area contributed by atoms with Gasteiger partial charge in [0.2, 0.25) is 15.9 Å². The summed E-state index contributed by atoms with van der Waals surface area (Å²) in [5, 5.41) is 18.6. The summed E-state index contributed by atoms with van der Waals surface area (Å²) in [7, 11) is -4.16. The van der Waals surface area contributed by atoms with Crippen LogP contribution in [-0.4, -0.2) is 51.4 Å². The van der Waals surface area contributed by atoms with Gasteiger partial charge in [0.1, 0.15) is 16.5 Å². The first-order valence-electron chi connectivity index (χ1n) is 12.6. The number of carbonyl (C=O) groups is 1. The maximum absolute atomic E-state index is 14.2. The van der Waals surface area contributed by atoms with Crippen LogP contribution < -0.4 is 10.1 Å². The molecule has 0 unspecified atom stereocenters. The molecule has 4 aromatic rings. The van der Waals surface area contributed by atoms with E-state index in [-0.39, 0.29) is 48.2 Å². The van der Waals surface area contributed by atoms with Gasteiger partial charge in [0.05, 0.1) is 10.6 Å². The maximum Gasteiger partial charge on any atom is 0.272 e. The van der Waals surface area contributed by atoms with Gasteiger partial charge in [-0.3, -0.25) is 19.9 Å². The molecule has 2 aromatic carbocycles. The first-order valence-corrected chi connectivity index (χ1v) is 14.1. The molecule has 1 aliphatic heterocycles.